The SMILES string of the molecule is C=CC(=O)N(CCC)CCN(C)CCCS(=O)(=O)O. The smallest absolute Gasteiger partial charge is 0.264 e. The van der Waals surface area contributed by atoms with Gasteiger partial charge in [-0.15, -0.1) is 0 Å². The Balaban J connectivity index is 4.01. The van der Waals surface area contributed by atoms with Crippen molar-refractivity contribution in [2.45, 2.75) is 19.8 Å². The number of carbonyl (C=O) groups excluding carboxylic acids is 1. The van der Waals surface area contributed by atoms with E-state index in [-0.39, 0.29) is 11.7 Å². The molecule has 0 saturated carbocycles. The number of rotatable bonds is 10. The average molecular weight is 292 g/mol. The molecule has 0 fully saturated rings. The molecule has 6 nitrogen and oxygen atoms in total. The monoisotopic (exact) mass is 292 g/mol. The topological polar surface area (TPSA) is 77.9 Å². The van der Waals surface area contributed by atoms with E-state index in [9.17, 15) is 13.2 Å². The Hall–Kier alpha value is -0.920. The predicted molar refractivity (Wildman–Crippen MR) is 75.6 cm³/mol. The van der Waals surface area contributed by atoms with Crippen LogP contribution in [-0.2, 0) is 14.9 Å². The molecule has 0 aromatic rings. The number of hydrogen-bond acceptors (Lipinski definition) is 4. The normalized spacial score (nSPS) is 11.6. The van der Waals surface area contributed by atoms with Crippen molar-refractivity contribution in [1.82, 2.24) is 9.80 Å². The standard InChI is InChI=1S/C12H24N2O4S/c1-4-7-14(12(15)5-2)10-9-13(3)8-6-11-19(16,17)18/h5H,2,4,6-11H2,1,3H3,(H,16,17,18). The van der Waals surface area contributed by atoms with Crippen molar-refractivity contribution in [3.8, 4) is 0 Å². The number of nitrogens with zero attached hydrogens (tertiary/aromatic N) is 2. The summed E-state index contributed by atoms with van der Waals surface area (Å²) in [5.74, 6) is -0.324. The molecule has 7 heteroatoms. The fraction of sp³-hybridized carbons (Fsp3) is 0.750. The number of likely N-dealkylation sites (N-methyl/N-ethyl adjacent to an activating group) is 1. The lowest BCUT2D eigenvalue weighted by Gasteiger charge is -2.24. The molecule has 0 bridgehead atoms. The van der Waals surface area contributed by atoms with Gasteiger partial charge in [0.1, 0.15) is 0 Å². The van der Waals surface area contributed by atoms with Gasteiger partial charge in [0.15, 0.2) is 0 Å². The zero-order valence-electron chi connectivity index (χ0n) is 11.7. The summed E-state index contributed by atoms with van der Waals surface area (Å²) in [6.45, 7) is 7.95. The van der Waals surface area contributed by atoms with Crippen LogP contribution in [-0.4, -0.2) is 67.7 Å². The Morgan fingerprint density at radius 3 is 2.37 bits per heavy atom. The summed E-state index contributed by atoms with van der Waals surface area (Å²) < 4.78 is 29.7. The molecule has 112 valence electrons. The summed E-state index contributed by atoms with van der Waals surface area (Å²) in [6.07, 6.45) is 2.55. The van der Waals surface area contributed by atoms with E-state index in [0.29, 0.717) is 32.6 Å². The maximum Gasteiger partial charge on any atom is 0.264 e. The van der Waals surface area contributed by atoms with E-state index in [1.165, 1.54) is 6.08 Å². The maximum atomic E-state index is 11.5. The van der Waals surface area contributed by atoms with E-state index in [4.69, 9.17) is 4.55 Å². The zero-order valence-corrected chi connectivity index (χ0v) is 12.5. The Kier molecular flexibility index (Phi) is 8.62. The minimum Gasteiger partial charge on any atom is -0.338 e. The summed E-state index contributed by atoms with van der Waals surface area (Å²) in [6, 6.07) is 0. The van der Waals surface area contributed by atoms with E-state index < -0.39 is 10.1 Å². The summed E-state index contributed by atoms with van der Waals surface area (Å²) in [5.41, 5.74) is 0. The van der Waals surface area contributed by atoms with Crippen LogP contribution in [0, 0.1) is 0 Å². The molecule has 0 unspecified atom stereocenters. The molecule has 19 heavy (non-hydrogen) atoms. The Morgan fingerprint density at radius 1 is 1.26 bits per heavy atom. The van der Waals surface area contributed by atoms with Gasteiger partial charge < -0.3 is 9.80 Å². The van der Waals surface area contributed by atoms with Crippen molar-refractivity contribution in [2.75, 3.05) is 39.0 Å². The summed E-state index contributed by atoms with van der Waals surface area (Å²) in [5, 5.41) is 0. The van der Waals surface area contributed by atoms with Crippen LogP contribution in [0.1, 0.15) is 19.8 Å². The maximum absolute atomic E-state index is 11.5. The van der Waals surface area contributed by atoms with Gasteiger partial charge in [0.2, 0.25) is 5.91 Å². The van der Waals surface area contributed by atoms with Gasteiger partial charge in [-0.05, 0) is 32.5 Å². The van der Waals surface area contributed by atoms with E-state index >= 15 is 0 Å². The first-order valence-corrected chi connectivity index (χ1v) is 7.96. The molecule has 1 amide bonds. The zero-order chi connectivity index (χ0) is 14.9. The second kappa shape index (κ2) is 9.06. The van der Waals surface area contributed by atoms with Gasteiger partial charge in [-0.25, -0.2) is 0 Å². The van der Waals surface area contributed by atoms with Crippen molar-refractivity contribution in [3.05, 3.63) is 12.7 Å². The van der Waals surface area contributed by atoms with Crippen LogP contribution in [0.25, 0.3) is 0 Å². The van der Waals surface area contributed by atoms with Crippen molar-refractivity contribution < 1.29 is 17.8 Å². The van der Waals surface area contributed by atoms with Crippen molar-refractivity contribution >= 4 is 16.0 Å². The van der Waals surface area contributed by atoms with Crippen LogP contribution in [0.4, 0.5) is 0 Å². The molecule has 0 heterocycles. The highest BCUT2D eigenvalue weighted by atomic mass is 32.2. The first-order chi connectivity index (χ1) is 8.80. The fourth-order valence-corrected chi connectivity index (χ4v) is 2.15. The summed E-state index contributed by atoms with van der Waals surface area (Å²) in [4.78, 5) is 15.2. The molecule has 0 spiro atoms. The van der Waals surface area contributed by atoms with Gasteiger partial charge in [0.05, 0.1) is 5.75 Å². The molecular weight excluding hydrogens is 268 g/mol. The minimum atomic E-state index is -3.88. The second-order valence-corrected chi connectivity index (χ2v) is 6.04. The molecule has 0 aliphatic rings. The number of carbonyl (C=O) groups is 1. The third-order valence-electron chi connectivity index (χ3n) is 2.67. The Bertz CT molecular complexity index is 381. The lowest BCUT2D eigenvalue weighted by Crippen LogP contribution is -2.37. The molecule has 1 N–H and O–H groups in total. The molecule has 0 atom stereocenters. The highest BCUT2D eigenvalue weighted by Gasteiger charge is 2.10. The van der Waals surface area contributed by atoms with Crippen LogP contribution in [0.5, 0.6) is 0 Å². The van der Waals surface area contributed by atoms with E-state index in [1.807, 2.05) is 18.9 Å². The summed E-state index contributed by atoms with van der Waals surface area (Å²) in [7, 11) is -2.03. The third-order valence-corrected chi connectivity index (χ3v) is 3.48. The van der Waals surface area contributed by atoms with Gasteiger partial charge >= 0.3 is 0 Å². The minimum absolute atomic E-state index is 0.0896. The van der Waals surface area contributed by atoms with Crippen molar-refractivity contribution in [3.63, 3.8) is 0 Å². The van der Waals surface area contributed by atoms with Crippen molar-refractivity contribution in [1.29, 1.82) is 0 Å². The highest BCUT2D eigenvalue weighted by Crippen LogP contribution is 1.97. The molecular formula is C12H24N2O4S. The lowest BCUT2D eigenvalue weighted by molar-refractivity contribution is -0.126. The quantitative estimate of drug-likeness (QED) is 0.472. The molecule has 0 aromatic carbocycles. The molecule has 0 saturated heterocycles. The lowest BCUT2D eigenvalue weighted by atomic mass is 10.3. The van der Waals surface area contributed by atoms with Crippen LogP contribution in [0.2, 0.25) is 0 Å². The van der Waals surface area contributed by atoms with Crippen LogP contribution in [0.3, 0.4) is 0 Å². The average Bonchev–Trinajstić information content (AvgIpc) is 2.31. The number of hydrogen-bond donors (Lipinski definition) is 1. The van der Waals surface area contributed by atoms with Crippen molar-refractivity contribution in [2.24, 2.45) is 0 Å². The highest BCUT2D eigenvalue weighted by molar-refractivity contribution is 7.85. The molecule has 0 aliphatic heterocycles. The first-order valence-electron chi connectivity index (χ1n) is 6.35. The largest absolute Gasteiger partial charge is 0.338 e. The van der Waals surface area contributed by atoms with Gasteiger partial charge in [-0.3, -0.25) is 9.35 Å². The molecule has 0 radical (unpaired) electrons. The first kappa shape index (κ1) is 18.1. The fourth-order valence-electron chi connectivity index (χ4n) is 1.65. The predicted octanol–water partition coefficient (Wildman–Crippen LogP) is 0.621. The van der Waals surface area contributed by atoms with Crippen LogP contribution >= 0.6 is 0 Å². The second-order valence-electron chi connectivity index (χ2n) is 4.47. The number of amides is 1. The molecule has 0 aliphatic carbocycles. The van der Waals surface area contributed by atoms with Gasteiger partial charge in [0, 0.05) is 19.6 Å². The Labute approximate surface area is 115 Å². The van der Waals surface area contributed by atoms with E-state index in [0.717, 1.165) is 6.42 Å². The van der Waals surface area contributed by atoms with Gasteiger partial charge in [-0.2, -0.15) is 8.42 Å². The van der Waals surface area contributed by atoms with Crippen LogP contribution < -0.4 is 0 Å². The Morgan fingerprint density at radius 2 is 1.89 bits per heavy atom. The molecule has 0 rings (SSSR count). The van der Waals surface area contributed by atoms with E-state index in [2.05, 4.69) is 6.58 Å². The molecule has 0 aromatic heterocycles. The van der Waals surface area contributed by atoms with Gasteiger partial charge in [-0.1, -0.05) is 13.5 Å². The summed E-state index contributed by atoms with van der Waals surface area (Å²) >= 11 is 0. The van der Waals surface area contributed by atoms with Gasteiger partial charge in [0.25, 0.3) is 10.1 Å². The van der Waals surface area contributed by atoms with Crippen LogP contribution in [0.15, 0.2) is 12.7 Å². The third kappa shape index (κ3) is 9.63. The van der Waals surface area contributed by atoms with E-state index in [1.54, 1.807) is 4.90 Å².